The van der Waals surface area contributed by atoms with Crippen molar-refractivity contribution in [2.75, 3.05) is 18.4 Å². The minimum atomic E-state index is 0. The van der Waals surface area contributed by atoms with E-state index < -0.39 is 0 Å². The number of anilines is 1. The Morgan fingerprint density at radius 1 is 1.38 bits per heavy atom. The van der Waals surface area contributed by atoms with Crippen molar-refractivity contribution in [2.45, 2.75) is 33.1 Å². The van der Waals surface area contributed by atoms with Gasteiger partial charge in [0.05, 0.1) is 0 Å². The van der Waals surface area contributed by atoms with E-state index in [0.717, 1.165) is 18.8 Å². The Morgan fingerprint density at radius 3 is 2.67 bits per heavy atom. The van der Waals surface area contributed by atoms with Crippen LogP contribution in [0.3, 0.4) is 0 Å². The van der Waals surface area contributed by atoms with Gasteiger partial charge in [-0.1, -0.05) is 13.0 Å². The standard InChI is InChI=1S/C15H23N3O.2ClH/c1-11(13-6-8-16-9-7-13)10-15(19)18-14-5-3-4-12(2)17-14;;/h3-5,11,13,16H,6-10H2,1-2H3,(H,17,18,19);2*1H. The monoisotopic (exact) mass is 333 g/mol. The summed E-state index contributed by atoms with van der Waals surface area (Å²) < 4.78 is 0. The quantitative estimate of drug-likeness (QED) is 0.889. The van der Waals surface area contributed by atoms with Crippen LogP contribution in [0.4, 0.5) is 5.82 Å². The lowest BCUT2D eigenvalue weighted by molar-refractivity contribution is -0.117. The molecule has 1 atom stereocenters. The van der Waals surface area contributed by atoms with Crippen molar-refractivity contribution in [1.82, 2.24) is 10.3 Å². The summed E-state index contributed by atoms with van der Waals surface area (Å²) in [7, 11) is 0. The first-order chi connectivity index (χ1) is 9.15. The molecule has 1 aromatic heterocycles. The van der Waals surface area contributed by atoms with Crippen molar-refractivity contribution in [3.8, 4) is 0 Å². The second-order valence-electron chi connectivity index (χ2n) is 5.48. The smallest absolute Gasteiger partial charge is 0.225 e. The van der Waals surface area contributed by atoms with Crippen LogP contribution >= 0.6 is 24.8 Å². The molecule has 1 saturated heterocycles. The molecule has 6 heteroatoms. The third-order valence-electron chi connectivity index (χ3n) is 3.85. The van der Waals surface area contributed by atoms with Crippen LogP contribution in [-0.2, 0) is 4.79 Å². The van der Waals surface area contributed by atoms with Gasteiger partial charge in [0.15, 0.2) is 0 Å². The van der Waals surface area contributed by atoms with Crippen LogP contribution in [-0.4, -0.2) is 24.0 Å². The summed E-state index contributed by atoms with van der Waals surface area (Å²) in [6.07, 6.45) is 2.94. The van der Waals surface area contributed by atoms with E-state index in [1.165, 1.54) is 12.8 Å². The first kappa shape index (κ1) is 20.2. The van der Waals surface area contributed by atoms with Crippen LogP contribution in [0.15, 0.2) is 18.2 Å². The summed E-state index contributed by atoms with van der Waals surface area (Å²) in [6, 6.07) is 5.67. The second-order valence-corrected chi connectivity index (χ2v) is 5.48. The molecule has 1 fully saturated rings. The van der Waals surface area contributed by atoms with Crippen LogP contribution in [0.5, 0.6) is 0 Å². The third kappa shape index (κ3) is 6.64. The van der Waals surface area contributed by atoms with Gasteiger partial charge in [0.25, 0.3) is 0 Å². The number of hydrogen-bond acceptors (Lipinski definition) is 3. The molecule has 0 aromatic carbocycles. The summed E-state index contributed by atoms with van der Waals surface area (Å²) >= 11 is 0. The van der Waals surface area contributed by atoms with Crippen LogP contribution in [0.1, 0.15) is 31.9 Å². The highest BCUT2D eigenvalue weighted by atomic mass is 35.5. The highest BCUT2D eigenvalue weighted by molar-refractivity contribution is 5.89. The molecule has 21 heavy (non-hydrogen) atoms. The largest absolute Gasteiger partial charge is 0.317 e. The van der Waals surface area contributed by atoms with E-state index in [0.29, 0.717) is 24.1 Å². The fraction of sp³-hybridized carbons (Fsp3) is 0.600. The van der Waals surface area contributed by atoms with E-state index in [-0.39, 0.29) is 30.7 Å². The zero-order valence-corrected chi connectivity index (χ0v) is 14.2. The number of carbonyl (C=O) groups is 1. The lowest BCUT2D eigenvalue weighted by Crippen LogP contribution is -2.32. The van der Waals surface area contributed by atoms with Crippen molar-refractivity contribution in [2.24, 2.45) is 11.8 Å². The average molecular weight is 334 g/mol. The van der Waals surface area contributed by atoms with Gasteiger partial charge in [-0.3, -0.25) is 4.79 Å². The first-order valence-electron chi connectivity index (χ1n) is 7.09. The van der Waals surface area contributed by atoms with Crippen molar-refractivity contribution in [3.63, 3.8) is 0 Å². The molecule has 0 radical (unpaired) electrons. The number of nitrogens with zero attached hydrogens (tertiary/aromatic N) is 1. The fourth-order valence-electron chi connectivity index (χ4n) is 2.68. The van der Waals surface area contributed by atoms with Gasteiger partial charge in [-0.25, -0.2) is 4.98 Å². The van der Waals surface area contributed by atoms with Crippen molar-refractivity contribution in [1.29, 1.82) is 0 Å². The number of hydrogen-bond donors (Lipinski definition) is 2. The van der Waals surface area contributed by atoms with E-state index >= 15 is 0 Å². The number of amides is 1. The van der Waals surface area contributed by atoms with Crippen LogP contribution < -0.4 is 10.6 Å². The van der Waals surface area contributed by atoms with Crippen molar-refractivity contribution < 1.29 is 4.79 Å². The van der Waals surface area contributed by atoms with E-state index in [1.807, 2.05) is 25.1 Å². The molecule has 2 rings (SSSR count). The minimum absolute atomic E-state index is 0. The van der Waals surface area contributed by atoms with Gasteiger partial charge in [0.2, 0.25) is 5.91 Å². The molecule has 0 spiro atoms. The lowest BCUT2D eigenvalue weighted by atomic mass is 9.84. The minimum Gasteiger partial charge on any atom is -0.317 e. The summed E-state index contributed by atoms with van der Waals surface area (Å²) in [5.41, 5.74) is 0.921. The zero-order chi connectivity index (χ0) is 13.7. The van der Waals surface area contributed by atoms with E-state index in [9.17, 15) is 4.79 Å². The molecule has 1 unspecified atom stereocenters. The van der Waals surface area contributed by atoms with Gasteiger partial charge >= 0.3 is 0 Å². The Hall–Kier alpha value is -0.840. The number of aromatic nitrogens is 1. The summed E-state index contributed by atoms with van der Waals surface area (Å²) in [5.74, 6) is 1.83. The number of rotatable bonds is 4. The third-order valence-corrected chi connectivity index (χ3v) is 3.85. The van der Waals surface area contributed by atoms with Gasteiger partial charge in [0.1, 0.15) is 5.82 Å². The number of halogens is 2. The molecular formula is C15H25Cl2N3O. The summed E-state index contributed by atoms with van der Waals surface area (Å²) in [4.78, 5) is 16.3. The average Bonchev–Trinajstić information content (AvgIpc) is 2.39. The lowest BCUT2D eigenvalue weighted by Gasteiger charge is -2.27. The molecule has 1 aliphatic rings. The van der Waals surface area contributed by atoms with E-state index in [2.05, 4.69) is 22.5 Å². The van der Waals surface area contributed by atoms with Gasteiger partial charge in [-0.05, 0) is 56.8 Å². The number of pyridine rings is 1. The Labute approximate surface area is 139 Å². The van der Waals surface area contributed by atoms with Crippen LogP contribution in [0.25, 0.3) is 0 Å². The second kappa shape index (κ2) is 9.98. The molecule has 1 aromatic rings. The highest BCUT2D eigenvalue weighted by Gasteiger charge is 2.22. The Balaban J connectivity index is 0.00000200. The molecule has 0 bridgehead atoms. The Kier molecular flexibility index (Phi) is 9.58. The predicted octanol–water partition coefficient (Wildman–Crippen LogP) is 3.20. The van der Waals surface area contributed by atoms with Crippen LogP contribution in [0, 0.1) is 18.8 Å². The highest BCUT2D eigenvalue weighted by Crippen LogP contribution is 2.24. The van der Waals surface area contributed by atoms with Gasteiger partial charge in [-0.2, -0.15) is 0 Å². The first-order valence-corrected chi connectivity index (χ1v) is 7.09. The molecule has 1 aliphatic heterocycles. The SMILES string of the molecule is Cc1cccc(NC(=O)CC(C)C2CCNCC2)n1.Cl.Cl. The van der Waals surface area contributed by atoms with Gasteiger partial charge in [0, 0.05) is 12.1 Å². The predicted molar refractivity (Wildman–Crippen MR) is 91.5 cm³/mol. The maximum Gasteiger partial charge on any atom is 0.225 e. The van der Waals surface area contributed by atoms with Gasteiger partial charge < -0.3 is 10.6 Å². The molecule has 2 N–H and O–H groups in total. The number of carbonyl (C=O) groups excluding carboxylic acids is 1. The summed E-state index contributed by atoms with van der Waals surface area (Å²) in [6.45, 7) is 6.26. The van der Waals surface area contributed by atoms with E-state index in [4.69, 9.17) is 0 Å². The van der Waals surface area contributed by atoms with Crippen molar-refractivity contribution in [3.05, 3.63) is 23.9 Å². The Morgan fingerprint density at radius 2 is 2.05 bits per heavy atom. The molecular weight excluding hydrogens is 309 g/mol. The molecule has 1 amide bonds. The van der Waals surface area contributed by atoms with E-state index in [1.54, 1.807) is 0 Å². The zero-order valence-electron chi connectivity index (χ0n) is 12.6. The van der Waals surface area contributed by atoms with Crippen molar-refractivity contribution >= 4 is 36.5 Å². The number of piperidine rings is 1. The molecule has 0 aliphatic carbocycles. The maximum atomic E-state index is 12.0. The molecule has 120 valence electrons. The molecule has 2 heterocycles. The maximum absolute atomic E-state index is 12.0. The van der Waals surface area contributed by atoms with Crippen LogP contribution in [0.2, 0.25) is 0 Å². The topological polar surface area (TPSA) is 54.0 Å². The molecule has 0 saturated carbocycles. The number of aryl methyl sites for hydroxylation is 1. The number of nitrogens with one attached hydrogen (secondary N) is 2. The Bertz CT molecular complexity index is 437. The summed E-state index contributed by atoms with van der Waals surface area (Å²) in [5, 5.41) is 6.25. The van der Waals surface area contributed by atoms with Gasteiger partial charge in [-0.15, -0.1) is 24.8 Å². The normalized spacial score (nSPS) is 16.3. The molecule has 4 nitrogen and oxygen atoms in total. The fourth-order valence-corrected chi connectivity index (χ4v) is 2.68.